The minimum Gasteiger partial charge on any atom is -0.288 e. The highest BCUT2D eigenvalue weighted by atomic mass is 16.2. The molecule has 0 aromatic heterocycles. The molecular formula is C46H52O4. The quantitative estimate of drug-likeness (QED) is 0.0811. The Balaban J connectivity index is 2.03. The van der Waals surface area contributed by atoms with Gasteiger partial charge in [0.15, 0.2) is 23.1 Å². The van der Waals surface area contributed by atoms with Gasteiger partial charge in [0, 0.05) is 22.3 Å². The Hall–Kier alpha value is -4.70. The van der Waals surface area contributed by atoms with Crippen molar-refractivity contribution in [1.82, 2.24) is 0 Å². The molecule has 0 aliphatic heterocycles. The number of Topliss-reactive ketones (excluding diaryl/α,β-unsaturated/α-hetero) is 4. The molecule has 260 valence electrons. The molecule has 0 aliphatic carbocycles. The van der Waals surface area contributed by atoms with E-state index in [1.165, 1.54) is 0 Å². The number of carbonyl (C=O) groups is 4. The second kappa shape index (κ2) is 13.9. The van der Waals surface area contributed by atoms with E-state index in [-0.39, 0.29) is 43.9 Å². The summed E-state index contributed by atoms with van der Waals surface area (Å²) in [6.07, 6.45) is 0. The summed E-state index contributed by atoms with van der Waals surface area (Å²) in [4.78, 5) is 58.6. The van der Waals surface area contributed by atoms with E-state index in [1.54, 1.807) is 48.5 Å². The summed E-state index contributed by atoms with van der Waals surface area (Å²) in [6.45, 7) is 24.9. The molecule has 0 saturated heterocycles. The van der Waals surface area contributed by atoms with Gasteiger partial charge in [-0.3, -0.25) is 19.2 Å². The van der Waals surface area contributed by atoms with E-state index < -0.39 is 34.3 Å². The van der Waals surface area contributed by atoms with Gasteiger partial charge in [-0.1, -0.05) is 180 Å². The van der Waals surface area contributed by atoms with Crippen molar-refractivity contribution in [3.8, 4) is 0 Å². The first-order valence-electron chi connectivity index (χ1n) is 17.4. The molecule has 4 heteroatoms. The highest BCUT2D eigenvalue weighted by molar-refractivity contribution is 6.42. The number of allylic oxidation sites excluding steroid dienone is 2. The van der Waals surface area contributed by atoms with Crippen LogP contribution in [0.1, 0.15) is 147 Å². The van der Waals surface area contributed by atoms with E-state index in [2.05, 4.69) is 83.1 Å². The third-order valence-corrected chi connectivity index (χ3v) is 9.21. The molecule has 4 rings (SSSR count). The fraction of sp³-hybridized carbons (Fsp3) is 0.348. The monoisotopic (exact) mass is 668 g/mol. The Morgan fingerprint density at radius 3 is 0.540 bits per heavy atom. The van der Waals surface area contributed by atoms with Gasteiger partial charge >= 0.3 is 0 Å². The predicted octanol–water partition coefficient (Wildman–Crippen LogP) is 11.0. The van der Waals surface area contributed by atoms with Crippen LogP contribution in [-0.4, -0.2) is 23.1 Å². The summed E-state index contributed by atoms with van der Waals surface area (Å²) in [5, 5.41) is 0. The van der Waals surface area contributed by atoms with Crippen molar-refractivity contribution >= 4 is 23.1 Å². The van der Waals surface area contributed by atoms with Gasteiger partial charge in [-0.2, -0.15) is 0 Å². The van der Waals surface area contributed by atoms with Gasteiger partial charge in [-0.15, -0.1) is 0 Å². The molecule has 0 amide bonds. The summed E-state index contributed by atoms with van der Waals surface area (Å²) in [5.41, 5.74) is 3.37. The molecule has 0 saturated carbocycles. The van der Waals surface area contributed by atoms with E-state index >= 15 is 0 Å². The summed E-state index contributed by atoms with van der Waals surface area (Å²) >= 11 is 0. The van der Waals surface area contributed by atoms with Crippen LogP contribution in [0.5, 0.6) is 0 Å². The highest BCUT2D eigenvalue weighted by Crippen LogP contribution is 2.30. The maximum Gasteiger partial charge on any atom is 0.197 e. The van der Waals surface area contributed by atoms with Crippen LogP contribution in [0, 0.1) is 0 Å². The summed E-state index contributed by atoms with van der Waals surface area (Å²) in [5.74, 6) is -2.70. The van der Waals surface area contributed by atoms with E-state index in [1.807, 2.05) is 48.5 Å². The van der Waals surface area contributed by atoms with E-state index in [4.69, 9.17) is 0 Å². The van der Waals surface area contributed by atoms with Crippen LogP contribution < -0.4 is 0 Å². The Morgan fingerprint density at radius 1 is 0.280 bits per heavy atom. The smallest absolute Gasteiger partial charge is 0.197 e. The first kappa shape index (κ1) is 38.1. The van der Waals surface area contributed by atoms with Gasteiger partial charge in [0.25, 0.3) is 0 Å². The van der Waals surface area contributed by atoms with Gasteiger partial charge in [-0.25, -0.2) is 0 Å². The lowest BCUT2D eigenvalue weighted by Crippen LogP contribution is -2.25. The Bertz CT molecular complexity index is 1640. The lowest BCUT2D eigenvalue weighted by molar-refractivity contribution is 0.0908. The van der Waals surface area contributed by atoms with Crippen molar-refractivity contribution in [2.24, 2.45) is 0 Å². The van der Waals surface area contributed by atoms with Gasteiger partial charge in [0.05, 0.1) is 11.1 Å². The van der Waals surface area contributed by atoms with Crippen LogP contribution in [0.3, 0.4) is 0 Å². The van der Waals surface area contributed by atoms with Crippen molar-refractivity contribution in [2.75, 3.05) is 0 Å². The minimum atomic E-state index is -0.676. The summed E-state index contributed by atoms with van der Waals surface area (Å²) < 4.78 is 0. The van der Waals surface area contributed by atoms with E-state index in [0.717, 1.165) is 22.3 Å². The molecule has 0 aliphatic rings. The highest BCUT2D eigenvalue weighted by Gasteiger charge is 2.34. The minimum absolute atomic E-state index is 0.166. The zero-order valence-electron chi connectivity index (χ0n) is 31.9. The van der Waals surface area contributed by atoms with Crippen molar-refractivity contribution in [1.29, 1.82) is 0 Å². The summed E-state index contributed by atoms with van der Waals surface area (Å²) in [6, 6.07) is 28.2. The first-order valence-corrected chi connectivity index (χ1v) is 17.4. The average Bonchev–Trinajstić information content (AvgIpc) is 3.04. The number of carbonyl (C=O) groups excluding carboxylic acids is 4. The topological polar surface area (TPSA) is 68.3 Å². The van der Waals surface area contributed by atoms with Crippen LogP contribution in [0.4, 0.5) is 0 Å². The van der Waals surface area contributed by atoms with Gasteiger partial charge in [-0.05, 0) is 43.9 Å². The third-order valence-electron chi connectivity index (χ3n) is 9.21. The van der Waals surface area contributed by atoms with E-state index in [9.17, 15) is 19.2 Å². The number of ketones is 4. The van der Waals surface area contributed by atoms with Crippen LogP contribution in [0.15, 0.2) is 108 Å². The van der Waals surface area contributed by atoms with Crippen molar-refractivity contribution < 1.29 is 19.2 Å². The number of hydrogen-bond donors (Lipinski definition) is 0. The Labute approximate surface area is 299 Å². The standard InChI is InChI=1S/C46H52O4/c1-43(2,3)33-21-13-29(14-22-33)39(47)37(40(48)30-15-23-34(24-16-30)44(4,5)6)38(41(49)31-17-25-35(26-18-31)45(7,8)9)42(50)32-19-27-36(28-20-32)46(10,11)12/h13-28H,1-12H3. The van der Waals surface area contributed by atoms with Crippen LogP contribution >= 0.6 is 0 Å². The zero-order chi connectivity index (χ0) is 37.4. The average molecular weight is 669 g/mol. The third kappa shape index (κ3) is 8.53. The van der Waals surface area contributed by atoms with Crippen molar-refractivity contribution in [3.05, 3.63) is 153 Å². The normalized spacial score (nSPS) is 12.3. The largest absolute Gasteiger partial charge is 0.288 e. The maximum atomic E-state index is 14.6. The molecule has 0 fully saturated rings. The fourth-order valence-electron chi connectivity index (χ4n) is 5.72. The zero-order valence-corrected chi connectivity index (χ0v) is 31.9. The first-order chi connectivity index (χ1) is 23.0. The van der Waals surface area contributed by atoms with Gasteiger partial charge in [0.1, 0.15) is 0 Å². The number of rotatable bonds is 8. The Kier molecular flexibility index (Phi) is 10.6. The Morgan fingerprint density at radius 2 is 0.420 bits per heavy atom. The molecule has 0 bridgehead atoms. The van der Waals surface area contributed by atoms with Crippen LogP contribution in [0.25, 0.3) is 0 Å². The maximum absolute atomic E-state index is 14.6. The predicted molar refractivity (Wildman–Crippen MR) is 205 cm³/mol. The lowest BCUT2D eigenvalue weighted by Gasteiger charge is -2.21. The molecule has 0 N–H and O–H groups in total. The van der Waals surface area contributed by atoms with Gasteiger partial charge in [0.2, 0.25) is 0 Å². The summed E-state index contributed by atoms with van der Waals surface area (Å²) in [7, 11) is 0. The molecule has 4 aromatic rings. The molecule has 0 heterocycles. The molecule has 50 heavy (non-hydrogen) atoms. The SMILES string of the molecule is CC(C)(C)c1ccc(C(=O)C(C(=O)c2ccc(C(C)(C)C)cc2)=C(C(=O)c2ccc(C(C)(C)C)cc2)C(=O)c2ccc(C(C)(C)C)cc2)cc1. The molecule has 0 spiro atoms. The molecule has 4 nitrogen and oxygen atoms in total. The lowest BCUT2D eigenvalue weighted by atomic mass is 9.81. The second-order valence-electron chi connectivity index (χ2n) is 17.4. The van der Waals surface area contributed by atoms with Crippen molar-refractivity contribution in [3.63, 3.8) is 0 Å². The fourth-order valence-corrected chi connectivity index (χ4v) is 5.72. The van der Waals surface area contributed by atoms with Crippen molar-refractivity contribution in [2.45, 2.75) is 105 Å². The van der Waals surface area contributed by atoms with Gasteiger partial charge < -0.3 is 0 Å². The van der Waals surface area contributed by atoms with Crippen LogP contribution in [-0.2, 0) is 21.7 Å². The molecular weight excluding hydrogens is 617 g/mol. The van der Waals surface area contributed by atoms with E-state index in [0.29, 0.717) is 0 Å². The van der Waals surface area contributed by atoms with Crippen LogP contribution in [0.2, 0.25) is 0 Å². The molecule has 0 atom stereocenters. The second-order valence-corrected chi connectivity index (χ2v) is 17.4. The molecule has 0 unspecified atom stereocenters. The molecule has 0 radical (unpaired) electrons. The number of benzene rings is 4. The molecule has 4 aromatic carbocycles. The number of hydrogen-bond acceptors (Lipinski definition) is 4.